The predicted octanol–water partition coefficient (Wildman–Crippen LogP) is 4.25. The van der Waals surface area contributed by atoms with Crippen molar-refractivity contribution in [3.63, 3.8) is 0 Å². The number of carbonyl (C=O) groups excluding carboxylic acids is 1. The number of carbonyl (C=O) groups is 1. The topological polar surface area (TPSA) is 64.7 Å². The van der Waals surface area contributed by atoms with E-state index >= 15 is 0 Å². The van der Waals surface area contributed by atoms with Crippen LogP contribution in [0.25, 0.3) is 0 Å². The third kappa shape index (κ3) is 4.50. The highest BCUT2D eigenvalue weighted by molar-refractivity contribution is 9.10. The van der Waals surface area contributed by atoms with Gasteiger partial charge in [0.2, 0.25) is 5.91 Å². The number of anilines is 1. The van der Waals surface area contributed by atoms with Crippen LogP contribution in [-0.2, 0) is 17.9 Å². The molecule has 3 rings (SSSR count). The first-order valence-corrected chi connectivity index (χ1v) is 9.34. The summed E-state index contributed by atoms with van der Waals surface area (Å²) in [4.78, 5) is 12.2. The molecule has 130 valence electrons. The van der Waals surface area contributed by atoms with Gasteiger partial charge in [-0.05, 0) is 50.4 Å². The molecule has 0 aliphatic heterocycles. The van der Waals surface area contributed by atoms with E-state index in [1.807, 2.05) is 31.2 Å². The fourth-order valence-electron chi connectivity index (χ4n) is 2.26. The lowest BCUT2D eigenvalue weighted by Crippen LogP contribution is -2.19. The Balaban J connectivity index is 1.68. The molecule has 2 heterocycles. The van der Waals surface area contributed by atoms with Gasteiger partial charge in [0.25, 0.3) is 0 Å². The Morgan fingerprint density at radius 1 is 1.16 bits per heavy atom. The zero-order valence-corrected chi connectivity index (χ0v) is 17.1. The zero-order chi connectivity index (χ0) is 18.0. The number of hydrogen-bond donors (Lipinski definition) is 1. The number of nitrogens with zero attached hydrogens (tertiary/aromatic N) is 4. The summed E-state index contributed by atoms with van der Waals surface area (Å²) >= 11 is 13.0. The van der Waals surface area contributed by atoms with Crippen molar-refractivity contribution in [2.45, 2.75) is 20.0 Å². The van der Waals surface area contributed by atoms with Gasteiger partial charge in [-0.15, -0.1) is 0 Å². The molecule has 0 radical (unpaired) electrons. The number of nitrogens with one attached hydrogen (secondary N) is 1. The molecule has 0 atom stereocenters. The summed E-state index contributed by atoms with van der Waals surface area (Å²) in [7, 11) is 0. The van der Waals surface area contributed by atoms with Gasteiger partial charge in [0.05, 0.1) is 21.2 Å². The Hall–Kier alpha value is -1.64. The van der Waals surface area contributed by atoms with Gasteiger partial charge in [0.15, 0.2) is 5.82 Å². The van der Waals surface area contributed by atoms with Crippen LogP contribution < -0.4 is 5.32 Å². The van der Waals surface area contributed by atoms with Crippen LogP contribution in [0, 0.1) is 6.92 Å². The summed E-state index contributed by atoms with van der Waals surface area (Å²) in [5, 5.41) is 12.1. The van der Waals surface area contributed by atoms with Gasteiger partial charge in [-0.1, -0.05) is 29.8 Å². The highest BCUT2D eigenvalue weighted by Gasteiger charge is 2.13. The van der Waals surface area contributed by atoms with Crippen molar-refractivity contribution in [2.24, 2.45) is 0 Å². The number of aromatic nitrogens is 4. The average Bonchev–Trinajstić information content (AvgIpc) is 3.04. The van der Waals surface area contributed by atoms with E-state index in [0.29, 0.717) is 21.9 Å². The van der Waals surface area contributed by atoms with Crippen LogP contribution in [0.3, 0.4) is 0 Å². The molecule has 25 heavy (non-hydrogen) atoms. The lowest BCUT2D eigenvalue weighted by Gasteiger charge is -2.05. The van der Waals surface area contributed by atoms with Gasteiger partial charge < -0.3 is 5.32 Å². The molecule has 6 nitrogen and oxygen atoms in total. The van der Waals surface area contributed by atoms with E-state index in [9.17, 15) is 4.79 Å². The van der Waals surface area contributed by atoms with Crippen molar-refractivity contribution >= 4 is 55.2 Å². The summed E-state index contributed by atoms with van der Waals surface area (Å²) in [5.74, 6) is 0.249. The van der Waals surface area contributed by atoms with E-state index in [1.165, 1.54) is 0 Å². The smallest absolute Gasteiger partial charge is 0.247 e. The lowest BCUT2D eigenvalue weighted by molar-refractivity contribution is -0.116. The maximum atomic E-state index is 12.2. The van der Waals surface area contributed by atoms with Gasteiger partial charge >= 0.3 is 0 Å². The Morgan fingerprint density at radius 3 is 2.56 bits per heavy atom. The molecule has 0 bridgehead atoms. The summed E-state index contributed by atoms with van der Waals surface area (Å²) in [6.07, 6.45) is 3.56. The van der Waals surface area contributed by atoms with Crippen LogP contribution in [0.5, 0.6) is 0 Å². The van der Waals surface area contributed by atoms with Crippen LogP contribution in [0.15, 0.2) is 45.6 Å². The van der Waals surface area contributed by atoms with E-state index in [0.717, 1.165) is 15.7 Å². The van der Waals surface area contributed by atoms with Crippen LogP contribution in [0.4, 0.5) is 5.82 Å². The van der Waals surface area contributed by atoms with E-state index < -0.39 is 0 Å². The van der Waals surface area contributed by atoms with Crippen LogP contribution in [-0.4, -0.2) is 25.5 Å². The normalized spacial score (nSPS) is 10.9. The summed E-state index contributed by atoms with van der Waals surface area (Å²) in [6, 6.07) is 7.58. The van der Waals surface area contributed by atoms with Gasteiger partial charge in [-0.3, -0.25) is 14.2 Å². The van der Waals surface area contributed by atoms with E-state index in [1.54, 1.807) is 21.8 Å². The molecule has 0 aliphatic carbocycles. The van der Waals surface area contributed by atoms with Crippen LogP contribution in [0.1, 0.15) is 11.3 Å². The first kappa shape index (κ1) is 18.2. The minimum absolute atomic E-state index is 0.107. The van der Waals surface area contributed by atoms with Gasteiger partial charge in [0, 0.05) is 17.4 Å². The molecule has 0 fully saturated rings. The minimum Gasteiger partial charge on any atom is -0.307 e. The fraction of sp³-hybridized carbons (Fsp3) is 0.188. The SMILES string of the molecule is Cc1nn(CC(=O)Nc2nn(Cc3ccccc3Cl)cc2Br)cc1Br. The molecule has 1 aromatic carbocycles. The predicted molar refractivity (Wildman–Crippen MR) is 104 cm³/mol. The highest BCUT2D eigenvalue weighted by atomic mass is 79.9. The molecule has 2 aromatic heterocycles. The summed E-state index contributed by atoms with van der Waals surface area (Å²) < 4.78 is 4.86. The number of hydrogen-bond acceptors (Lipinski definition) is 3. The van der Waals surface area contributed by atoms with Gasteiger partial charge in [-0.2, -0.15) is 10.2 Å². The maximum Gasteiger partial charge on any atom is 0.247 e. The zero-order valence-electron chi connectivity index (χ0n) is 13.2. The number of amides is 1. The number of aryl methyl sites for hydroxylation is 1. The molecular weight excluding hydrogens is 473 g/mol. The largest absolute Gasteiger partial charge is 0.307 e. The molecule has 9 heteroatoms. The third-order valence-electron chi connectivity index (χ3n) is 3.46. The van der Waals surface area contributed by atoms with Crippen molar-refractivity contribution in [1.29, 1.82) is 0 Å². The van der Waals surface area contributed by atoms with E-state index in [4.69, 9.17) is 11.6 Å². The fourth-order valence-corrected chi connectivity index (χ4v) is 3.18. The highest BCUT2D eigenvalue weighted by Crippen LogP contribution is 2.22. The third-order valence-corrected chi connectivity index (χ3v) is 5.18. The average molecular weight is 488 g/mol. The van der Waals surface area contributed by atoms with Crippen LogP contribution >= 0.6 is 43.5 Å². The van der Waals surface area contributed by atoms with Crippen molar-refractivity contribution < 1.29 is 4.79 Å². The van der Waals surface area contributed by atoms with Crippen molar-refractivity contribution in [2.75, 3.05) is 5.32 Å². The molecule has 0 saturated carbocycles. The monoisotopic (exact) mass is 485 g/mol. The molecule has 0 aliphatic rings. The van der Waals surface area contributed by atoms with Crippen molar-refractivity contribution in [1.82, 2.24) is 19.6 Å². The Morgan fingerprint density at radius 2 is 1.88 bits per heavy atom. The molecule has 1 N–H and O–H groups in total. The van der Waals surface area contributed by atoms with Gasteiger partial charge in [-0.25, -0.2) is 0 Å². The van der Waals surface area contributed by atoms with E-state index in [-0.39, 0.29) is 12.5 Å². The Labute approximate surface area is 166 Å². The number of halogens is 3. The molecule has 0 spiro atoms. The van der Waals surface area contributed by atoms with Crippen molar-refractivity contribution in [3.05, 3.63) is 61.9 Å². The standard InChI is InChI=1S/C16H14Br2ClN5O/c1-10-12(17)7-24(21-10)9-15(25)20-16-13(18)8-23(22-16)6-11-4-2-3-5-14(11)19/h2-5,7-8H,6,9H2,1H3,(H,20,22,25). The first-order chi connectivity index (χ1) is 11.9. The quantitative estimate of drug-likeness (QED) is 0.585. The lowest BCUT2D eigenvalue weighted by atomic mass is 10.2. The molecule has 1 amide bonds. The van der Waals surface area contributed by atoms with Crippen molar-refractivity contribution in [3.8, 4) is 0 Å². The second kappa shape index (κ2) is 7.72. The van der Waals surface area contributed by atoms with Gasteiger partial charge in [0.1, 0.15) is 6.54 Å². The maximum absolute atomic E-state index is 12.2. The number of benzene rings is 1. The summed E-state index contributed by atoms with van der Waals surface area (Å²) in [6.45, 7) is 2.49. The molecule has 0 saturated heterocycles. The van der Waals surface area contributed by atoms with Crippen LogP contribution in [0.2, 0.25) is 5.02 Å². The minimum atomic E-state index is -0.210. The van der Waals surface area contributed by atoms with E-state index in [2.05, 4.69) is 47.4 Å². The Kier molecular flexibility index (Phi) is 5.61. The number of rotatable bonds is 5. The second-order valence-corrected chi connectivity index (χ2v) is 7.54. The molecule has 0 unspecified atom stereocenters. The second-order valence-electron chi connectivity index (χ2n) is 5.42. The first-order valence-electron chi connectivity index (χ1n) is 7.38. The molecule has 3 aromatic rings. The summed E-state index contributed by atoms with van der Waals surface area (Å²) in [5.41, 5.74) is 1.78. The molecular formula is C16H14Br2ClN5O. The Bertz CT molecular complexity index is 902.